The Kier molecular flexibility index (Phi) is 10.1. The molecule has 1 aliphatic rings. The lowest BCUT2D eigenvalue weighted by Gasteiger charge is -2.34. The molecule has 2 rings (SSSR count). The van der Waals surface area contributed by atoms with E-state index >= 15 is 0 Å². The van der Waals surface area contributed by atoms with Gasteiger partial charge in [0.05, 0.1) is 6.61 Å². The van der Waals surface area contributed by atoms with Crippen LogP contribution in [-0.2, 0) is 4.74 Å². The minimum atomic E-state index is 0.553. The second kappa shape index (κ2) is 12.6. The maximum Gasteiger partial charge on any atom is 0.195 e. The second-order valence-corrected chi connectivity index (χ2v) is 7.51. The monoisotopic (exact) mass is 391 g/mol. The number of hydrogen-bond donors (Lipinski definition) is 2. The van der Waals surface area contributed by atoms with E-state index in [1.54, 1.807) is 14.2 Å². The normalized spacial score (nSPS) is 17.4. The summed E-state index contributed by atoms with van der Waals surface area (Å²) >= 11 is 0. The molecule has 1 saturated heterocycles. The number of hydrogen-bond acceptors (Lipinski definition) is 5. The number of ether oxygens (including phenoxy) is 2. The van der Waals surface area contributed by atoms with Crippen molar-refractivity contribution in [1.82, 2.24) is 15.1 Å². The number of nitrogens with zero attached hydrogens (tertiary/aromatic N) is 3. The lowest BCUT2D eigenvalue weighted by atomic mass is 10.1. The quantitative estimate of drug-likeness (QED) is 0.361. The van der Waals surface area contributed by atoms with Crippen LogP contribution in [0.25, 0.3) is 0 Å². The van der Waals surface area contributed by atoms with Crippen molar-refractivity contribution in [1.29, 1.82) is 0 Å². The van der Waals surface area contributed by atoms with Gasteiger partial charge in [-0.25, -0.2) is 0 Å². The van der Waals surface area contributed by atoms with Gasteiger partial charge in [0.25, 0.3) is 0 Å². The third kappa shape index (κ3) is 8.46. The molecule has 0 aliphatic carbocycles. The van der Waals surface area contributed by atoms with Crippen LogP contribution in [0.5, 0.6) is 5.75 Å². The van der Waals surface area contributed by atoms with Crippen LogP contribution in [0, 0.1) is 5.92 Å². The van der Waals surface area contributed by atoms with E-state index in [2.05, 4.69) is 39.4 Å². The minimum Gasteiger partial charge on any atom is -0.493 e. The van der Waals surface area contributed by atoms with Gasteiger partial charge in [-0.15, -0.1) is 0 Å². The fourth-order valence-electron chi connectivity index (χ4n) is 3.18. The Morgan fingerprint density at radius 2 is 2.00 bits per heavy atom. The number of methoxy groups -OCH3 is 1. The van der Waals surface area contributed by atoms with Gasteiger partial charge in [-0.1, -0.05) is 13.0 Å². The summed E-state index contributed by atoms with van der Waals surface area (Å²) in [4.78, 5) is 9.28. The Bertz CT molecular complexity index is 588. The number of benzene rings is 1. The van der Waals surface area contributed by atoms with E-state index in [9.17, 15) is 0 Å². The average Bonchev–Trinajstić information content (AvgIpc) is 2.70. The van der Waals surface area contributed by atoms with Crippen molar-refractivity contribution < 1.29 is 9.47 Å². The summed E-state index contributed by atoms with van der Waals surface area (Å²) in [5, 5.41) is 6.79. The van der Waals surface area contributed by atoms with Crippen LogP contribution in [-0.4, -0.2) is 89.4 Å². The van der Waals surface area contributed by atoms with E-state index in [-0.39, 0.29) is 0 Å². The summed E-state index contributed by atoms with van der Waals surface area (Å²) in [7, 11) is 5.69. The van der Waals surface area contributed by atoms with Crippen LogP contribution in [0.2, 0.25) is 0 Å². The van der Waals surface area contributed by atoms with Gasteiger partial charge < -0.3 is 29.9 Å². The maximum atomic E-state index is 5.77. The van der Waals surface area contributed by atoms with Crippen molar-refractivity contribution in [2.75, 3.05) is 79.0 Å². The number of rotatable bonds is 10. The van der Waals surface area contributed by atoms with Crippen molar-refractivity contribution in [3.63, 3.8) is 0 Å². The highest BCUT2D eigenvalue weighted by Crippen LogP contribution is 2.17. The van der Waals surface area contributed by atoms with Crippen molar-refractivity contribution in [3.05, 3.63) is 24.3 Å². The van der Waals surface area contributed by atoms with E-state index in [0.717, 1.165) is 63.1 Å². The number of aliphatic imine (C=N–C) groups is 1. The zero-order valence-electron chi connectivity index (χ0n) is 17.9. The van der Waals surface area contributed by atoms with Gasteiger partial charge in [-0.3, -0.25) is 4.99 Å². The molecule has 1 heterocycles. The lowest BCUT2D eigenvalue weighted by molar-refractivity contribution is 0.139. The molecule has 1 aromatic carbocycles. The Hall–Kier alpha value is -1.83. The number of likely N-dealkylation sites (N-methyl/N-ethyl adjacent to an activating group) is 1. The Balaban J connectivity index is 1.74. The molecular weight excluding hydrogens is 354 g/mol. The Morgan fingerprint density at radius 3 is 2.71 bits per heavy atom. The third-order valence-corrected chi connectivity index (χ3v) is 4.87. The maximum absolute atomic E-state index is 5.77. The van der Waals surface area contributed by atoms with Crippen molar-refractivity contribution >= 4 is 11.6 Å². The zero-order chi connectivity index (χ0) is 20.2. The van der Waals surface area contributed by atoms with Gasteiger partial charge in [0.2, 0.25) is 0 Å². The molecule has 0 radical (unpaired) electrons. The summed E-state index contributed by atoms with van der Waals surface area (Å²) in [5.74, 6) is 2.18. The van der Waals surface area contributed by atoms with Gasteiger partial charge in [0.15, 0.2) is 5.96 Å². The van der Waals surface area contributed by atoms with Crippen molar-refractivity contribution in [3.8, 4) is 5.75 Å². The Labute approximate surface area is 170 Å². The van der Waals surface area contributed by atoms with E-state index in [1.165, 1.54) is 0 Å². The molecular formula is C21H37N5O2. The summed E-state index contributed by atoms with van der Waals surface area (Å²) in [6, 6.07) is 7.96. The largest absolute Gasteiger partial charge is 0.493 e. The van der Waals surface area contributed by atoms with Gasteiger partial charge >= 0.3 is 0 Å². The molecule has 1 aliphatic heterocycles. The Morgan fingerprint density at radius 1 is 1.21 bits per heavy atom. The van der Waals surface area contributed by atoms with Gasteiger partial charge in [0.1, 0.15) is 5.75 Å². The van der Waals surface area contributed by atoms with Crippen LogP contribution in [0.15, 0.2) is 29.3 Å². The first-order valence-corrected chi connectivity index (χ1v) is 10.2. The first-order valence-electron chi connectivity index (χ1n) is 10.2. The number of piperazine rings is 1. The number of nitrogens with one attached hydrogen (secondary N) is 2. The van der Waals surface area contributed by atoms with E-state index in [1.807, 2.05) is 24.3 Å². The molecule has 7 heteroatoms. The molecule has 7 nitrogen and oxygen atoms in total. The van der Waals surface area contributed by atoms with E-state index < -0.39 is 0 Å². The van der Waals surface area contributed by atoms with Gasteiger partial charge in [0, 0.05) is 78.2 Å². The van der Waals surface area contributed by atoms with Gasteiger partial charge in [-0.2, -0.15) is 0 Å². The first kappa shape index (κ1) is 22.5. The highest BCUT2D eigenvalue weighted by Gasteiger charge is 2.16. The van der Waals surface area contributed by atoms with Crippen LogP contribution < -0.4 is 15.4 Å². The molecule has 28 heavy (non-hydrogen) atoms. The molecule has 0 saturated carbocycles. The van der Waals surface area contributed by atoms with Crippen molar-refractivity contribution in [2.45, 2.75) is 13.3 Å². The molecule has 0 amide bonds. The van der Waals surface area contributed by atoms with Crippen LogP contribution in [0.3, 0.4) is 0 Å². The SMILES string of the molecule is CN=C(NCC(C)CN1CCN(C)CC1)Nc1cccc(OCCCOC)c1. The van der Waals surface area contributed by atoms with Crippen molar-refractivity contribution in [2.24, 2.45) is 10.9 Å². The first-order chi connectivity index (χ1) is 13.6. The summed E-state index contributed by atoms with van der Waals surface area (Å²) in [6.07, 6.45) is 0.878. The van der Waals surface area contributed by atoms with Crippen LogP contribution >= 0.6 is 0 Å². The lowest BCUT2D eigenvalue weighted by Crippen LogP contribution is -2.47. The summed E-state index contributed by atoms with van der Waals surface area (Å²) in [6.45, 7) is 10.3. The topological polar surface area (TPSA) is 61.4 Å². The fourth-order valence-corrected chi connectivity index (χ4v) is 3.18. The predicted molar refractivity (Wildman–Crippen MR) is 117 cm³/mol. The predicted octanol–water partition coefficient (Wildman–Crippen LogP) is 1.97. The summed E-state index contributed by atoms with van der Waals surface area (Å²) in [5.41, 5.74) is 0.962. The fraction of sp³-hybridized carbons (Fsp3) is 0.667. The molecule has 1 fully saturated rings. The molecule has 158 valence electrons. The standard InChI is InChI=1S/C21H37N5O2/c1-18(17-26-11-9-25(3)10-12-26)16-23-21(22-2)24-19-7-5-8-20(15-19)28-14-6-13-27-4/h5,7-8,15,18H,6,9-14,16-17H2,1-4H3,(H2,22,23,24). The average molecular weight is 392 g/mol. The van der Waals surface area contributed by atoms with E-state index in [0.29, 0.717) is 19.1 Å². The minimum absolute atomic E-state index is 0.553. The highest BCUT2D eigenvalue weighted by molar-refractivity contribution is 5.93. The number of anilines is 1. The molecule has 0 aromatic heterocycles. The molecule has 1 atom stereocenters. The summed E-state index contributed by atoms with van der Waals surface area (Å²) < 4.78 is 10.8. The van der Waals surface area contributed by atoms with Crippen LogP contribution in [0.1, 0.15) is 13.3 Å². The van der Waals surface area contributed by atoms with E-state index in [4.69, 9.17) is 9.47 Å². The molecule has 1 unspecified atom stereocenters. The third-order valence-electron chi connectivity index (χ3n) is 4.87. The zero-order valence-corrected chi connectivity index (χ0v) is 17.9. The molecule has 0 bridgehead atoms. The molecule has 1 aromatic rings. The number of guanidine groups is 1. The highest BCUT2D eigenvalue weighted by atomic mass is 16.5. The molecule has 0 spiro atoms. The van der Waals surface area contributed by atoms with Crippen LogP contribution in [0.4, 0.5) is 5.69 Å². The van der Waals surface area contributed by atoms with Gasteiger partial charge in [-0.05, 0) is 25.1 Å². The smallest absolute Gasteiger partial charge is 0.195 e. The molecule has 2 N–H and O–H groups in total. The second-order valence-electron chi connectivity index (χ2n) is 7.51.